The number of rotatable bonds is 11. The molecule has 12 nitrogen and oxygen atoms in total. The monoisotopic (exact) mass is 407 g/mol. The molecule has 0 aromatic heterocycles. The number of aliphatic hydroxyl groups is 1. The fourth-order valence-corrected chi connectivity index (χ4v) is 2.07. The molecule has 0 fully saturated rings. The summed E-state index contributed by atoms with van der Waals surface area (Å²) in [5.41, 5.74) is 10.4. The van der Waals surface area contributed by atoms with Crippen molar-refractivity contribution in [2.24, 2.45) is 11.5 Å². The molecule has 0 saturated carbocycles. The Morgan fingerprint density at radius 3 is 1.85 bits per heavy atom. The van der Waals surface area contributed by atoms with E-state index in [1.54, 1.807) is 0 Å². The number of amides is 4. The zero-order chi connectivity index (χ0) is 21.3. The number of aliphatic carboxylic acids is 1. The fourth-order valence-electron chi connectivity index (χ4n) is 1.82. The third-order valence-corrected chi connectivity index (χ3v) is 3.68. The van der Waals surface area contributed by atoms with Gasteiger partial charge in [0.05, 0.1) is 18.6 Å². The molecule has 0 aliphatic rings. The highest BCUT2D eigenvalue weighted by molar-refractivity contribution is 7.80. The Kier molecular flexibility index (Phi) is 10.4. The predicted octanol–water partition coefficient (Wildman–Crippen LogP) is -3.94. The molecule has 4 amide bonds. The molecule has 0 heterocycles. The van der Waals surface area contributed by atoms with Crippen LogP contribution in [0.25, 0.3) is 0 Å². The zero-order valence-corrected chi connectivity index (χ0v) is 15.7. The van der Waals surface area contributed by atoms with Gasteiger partial charge in [-0.05, 0) is 13.8 Å². The van der Waals surface area contributed by atoms with Crippen LogP contribution in [0.1, 0.15) is 20.3 Å². The molecule has 0 saturated heterocycles. The van der Waals surface area contributed by atoms with Crippen LogP contribution in [0, 0.1) is 0 Å². The standard InChI is InChI=1S/C14H25N5O7S/c1-5(15)11(22)17-7(3-9(16)21)12(23)19-10(6(2)20)13(24)18-8(4-27)14(25)26/h5-8,10,20,27H,3-4,15H2,1-2H3,(H2,16,21)(H,17,22)(H,18,24)(H,19,23)(H,25,26). The Balaban J connectivity index is 5.29. The summed E-state index contributed by atoms with van der Waals surface area (Å²) >= 11 is 3.79. The van der Waals surface area contributed by atoms with E-state index in [0.717, 1.165) is 0 Å². The molecular formula is C14H25N5O7S. The molecule has 0 aromatic carbocycles. The Labute approximate surface area is 160 Å². The lowest BCUT2D eigenvalue weighted by Crippen LogP contribution is -2.60. The van der Waals surface area contributed by atoms with Crippen molar-refractivity contribution in [3.05, 3.63) is 0 Å². The third-order valence-electron chi connectivity index (χ3n) is 3.31. The summed E-state index contributed by atoms with van der Waals surface area (Å²) in [7, 11) is 0. The zero-order valence-electron chi connectivity index (χ0n) is 14.8. The van der Waals surface area contributed by atoms with Crippen LogP contribution in [-0.2, 0) is 24.0 Å². The van der Waals surface area contributed by atoms with Gasteiger partial charge in [0.2, 0.25) is 23.6 Å². The number of hydrogen-bond donors (Lipinski definition) is 8. The second-order valence-corrected chi connectivity index (χ2v) is 6.19. The van der Waals surface area contributed by atoms with Crippen molar-refractivity contribution in [1.29, 1.82) is 0 Å². The lowest BCUT2D eigenvalue weighted by atomic mass is 10.1. The van der Waals surface area contributed by atoms with Gasteiger partial charge in [0.25, 0.3) is 0 Å². The number of hydrogen-bond acceptors (Lipinski definition) is 8. The van der Waals surface area contributed by atoms with Crippen molar-refractivity contribution in [3.8, 4) is 0 Å². The van der Waals surface area contributed by atoms with Crippen molar-refractivity contribution in [1.82, 2.24) is 16.0 Å². The maximum atomic E-state index is 12.3. The Morgan fingerprint density at radius 2 is 1.48 bits per heavy atom. The first-order chi connectivity index (χ1) is 12.4. The number of primary amides is 1. The molecule has 27 heavy (non-hydrogen) atoms. The first kappa shape index (κ1) is 24.6. The third kappa shape index (κ3) is 8.70. The molecule has 9 N–H and O–H groups in total. The van der Waals surface area contributed by atoms with Crippen LogP contribution in [0.5, 0.6) is 0 Å². The second kappa shape index (κ2) is 11.4. The Morgan fingerprint density at radius 1 is 0.963 bits per heavy atom. The molecule has 0 radical (unpaired) electrons. The molecule has 0 aliphatic carbocycles. The van der Waals surface area contributed by atoms with Crippen LogP contribution in [0.4, 0.5) is 0 Å². The number of nitrogens with one attached hydrogen (secondary N) is 3. The van der Waals surface area contributed by atoms with Crippen LogP contribution in [0.2, 0.25) is 0 Å². The lowest BCUT2D eigenvalue weighted by molar-refractivity contribution is -0.142. The maximum Gasteiger partial charge on any atom is 0.327 e. The molecule has 5 atom stereocenters. The largest absolute Gasteiger partial charge is 0.480 e. The topological polar surface area (TPSA) is 214 Å². The van der Waals surface area contributed by atoms with Crippen molar-refractivity contribution >= 4 is 42.2 Å². The Bertz CT molecular complexity index is 584. The van der Waals surface area contributed by atoms with E-state index in [0.29, 0.717) is 0 Å². The molecule has 0 aromatic rings. The van der Waals surface area contributed by atoms with E-state index in [1.807, 2.05) is 0 Å². The van der Waals surface area contributed by atoms with Crippen molar-refractivity contribution in [3.63, 3.8) is 0 Å². The van der Waals surface area contributed by atoms with E-state index < -0.39 is 66.3 Å². The van der Waals surface area contributed by atoms with Crippen LogP contribution < -0.4 is 27.4 Å². The smallest absolute Gasteiger partial charge is 0.327 e. The SMILES string of the molecule is CC(N)C(=O)NC(CC(N)=O)C(=O)NC(C(=O)NC(CS)C(=O)O)C(C)O. The van der Waals surface area contributed by atoms with Crippen molar-refractivity contribution in [2.45, 2.75) is 50.5 Å². The maximum absolute atomic E-state index is 12.3. The minimum atomic E-state index is -1.55. The van der Waals surface area contributed by atoms with Gasteiger partial charge in [-0.3, -0.25) is 19.2 Å². The van der Waals surface area contributed by atoms with E-state index in [9.17, 15) is 29.1 Å². The first-order valence-electron chi connectivity index (χ1n) is 7.87. The lowest BCUT2D eigenvalue weighted by Gasteiger charge is -2.25. The van der Waals surface area contributed by atoms with Crippen LogP contribution in [-0.4, -0.2) is 75.8 Å². The molecule has 154 valence electrons. The average molecular weight is 407 g/mol. The molecule has 0 bridgehead atoms. The van der Waals surface area contributed by atoms with Gasteiger partial charge < -0.3 is 37.6 Å². The van der Waals surface area contributed by atoms with Crippen LogP contribution >= 0.6 is 12.6 Å². The summed E-state index contributed by atoms with van der Waals surface area (Å²) in [4.78, 5) is 58.3. The number of nitrogens with two attached hydrogens (primary N) is 2. The van der Waals surface area contributed by atoms with Gasteiger partial charge in [-0.25, -0.2) is 4.79 Å². The summed E-state index contributed by atoms with van der Waals surface area (Å²) in [6, 6.07) is -5.31. The summed E-state index contributed by atoms with van der Waals surface area (Å²) in [5, 5.41) is 25.1. The van der Waals surface area contributed by atoms with E-state index in [-0.39, 0.29) is 5.75 Å². The predicted molar refractivity (Wildman–Crippen MR) is 96.4 cm³/mol. The summed E-state index contributed by atoms with van der Waals surface area (Å²) in [6.45, 7) is 2.54. The minimum Gasteiger partial charge on any atom is -0.480 e. The van der Waals surface area contributed by atoms with Crippen LogP contribution in [0.3, 0.4) is 0 Å². The second-order valence-electron chi connectivity index (χ2n) is 5.83. The molecule has 0 spiro atoms. The fraction of sp³-hybridized carbons (Fsp3) is 0.643. The van der Waals surface area contributed by atoms with Crippen molar-refractivity contribution in [2.75, 3.05) is 5.75 Å². The van der Waals surface area contributed by atoms with Gasteiger partial charge in [-0.1, -0.05) is 0 Å². The van der Waals surface area contributed by atoms with E-state index in [2.05, 4.69) is 28.6 Å². The first-order valence-corrected chi connectivity index (χ1v) is 8.50. The minimum absolute atomic E-state index is 0.226. The number of carboxylic acid groups (broad SMARTS) is 1. The highest BCUT2D eigenvalue weighted by atomic mass is 32.1. The average Bonchev–Trinajstić information content (AvgIpc) is 2.55. The van der Waals surface area contributed by atoms with E-state index in [4.69, 9.17) is 16.6 Å². The van der Waals surface area contributed by atoms with Gasteiger partial charge in [0, 0.05) is 5.75 Å². The molecule has 13 heteroatoms. The van der Waals surface area contributed by atoms with Gasteiger partial charge in [0.1, 0.15) is 18.1 Å². The molecule has 0 rings (SSSR count). The van der Waals surface area contributed by atoms with Gasteiger partial charge >= 0.3 is 5.97 Å². The van der Waals surface area contributed by atoms with E-state index in [1.165, 1.54) is 13.8 Å². The summed E-state index contributed by atoms with van der Waals surface area (Å²) in [5.74, 6) is -5.20. The Hall–Kier alpha value is -2.38. The summed E-state index contributed by atoms with van der Waals surface area (Å²) in [6.07, 6.45) is -1.99. The number of carbonyl (C=O) groups is 5. The number of carboxylic acids is 1. The van der Waals surface area contributed by atoms with Gasteiger partial charge in [0.15, 0.2) is 0 Å². The number of carbonyl (C=O) groups excluding carboxylic acids is 4. The highest BCUT2D eigenvalue weighted by Gasteiger charge is 2.32. The van der Waals surface area contributed by atoms with Gasteiger partial charge in [-0.2, -0.15) is 12.6 Å². The quantitative estimate of drug-likeness (QED) is 0.158. The van der Waals surface area contributed by atoms with Gasteiger partial charge in [-0.15, -0.1) is 0 Å². The highest BCUT2D eigenvalue weighted by Crippen LogP contribution is 2.00. The number of thiol groups is 1. The normalized spacial score (nSPS) is 16.2. The molecule has 5 unspecified atom stereocenters. The summed E-state index contributed by atoms with van der Waals surface area (Å²) < 4.78 is 0. The molecular weight excluding hydrogens is 382 g/mol. The van der Waals surface area contributed by atoms with Crippen LogP contribution in [0.15, 0.2) is 0 Å². The van der Waals surface area contributed by atoms with Crippen molar-refractivity contribution < 1.29 is 34.2 Å². The van der Waals surface area contributed by atoms with E-state index >= 15 is 0 Å². The molecule has 0 aliphatic heterocycles. The number of aliphatic hydroxyl groups excluding tert-OH is 1.